The fraction of sp³-hybridized carbons (Fsp3) is 0.444. The number of nitrogens with one attached hydrogen (secondary N) is 1. The highest BCUT2D eigenvalue weighted by molar-refractivity contribution is 5.73. The third-order valence-electron chi connectivity index (χ3n) is 1.84. The SMILES string of the molecule is CC/C(=C1\N=CC=CN1)C(C)N. The minimum Gasteiger partial charge on any atom is -0.347 e. The van der Waals surface area contributed by atoms with E-state index in [0.717, 1.165) is 17.8 Å². The van der Waals surface area contributed by atoms with Crippen LogP contribution in [-0.2, 0) is 0 Å². The van der Waals surface area contributed by atoms with Gasteiger partial charge in [0.2, 0.25) is 0 Å². The molecule has 0 aromatic heterocycles. The number of aliphatic imine (C=N–C) groups is 1. The van der Waals surface area contributed by atoms with E-state index in [-0.39, 0.29) is 6.04 Å². The molecule has 0 radical (unpaired) electrons. The first-order valence-electron chi connectivity index (χ1n) is 4.20. The highest BCUT2D eigenvalue weighted by atomic mass is 15.0. The summed E-state index contributed by atoms with van der Waals surface area (Å²) in [5.74, 6) is 0.898. The molecule has 0 aromatic rings. The molecule has 0 aromatic carbocycles. The summed E-state index contributed by atoms with van der Waals surface area (Å²) in [6.07, 6.45) is 6.42. The summed E-state index contributed by atoms with van der Waals surface area (Å²) in [5, 5.41) is 3.07. The predicted octanol–water partition coefficient (Wildman–Crippen LogP) is 1.14. The van der Waals surface area contributed by atoms with Crippen molar-refractivity contribution < 1.29 is 0 Å². The van der Waals surface area contributed by atoms with Crippen molar-refractivity contribution in [1.82, 2.24) is 5.32 Å². The number of hydrogen-bond donors (Lipinski definition) is 2. The first-order valence-corrected chi connectivity index (χ1v) is 4.20. The van der Waals surface area contributed by atoms with Gasteiger partial charge in [0.1, 0.15) is 5.82 Å². The van der Waals surface area contributed by atoms with Gasteiger partial charge < -0.3 is 11.1 Å². The van der Waals surface area contributed by atoms with Crippen molar-refractivity contribution in [3.63, 3.8) is 0 Å². The first kappa shape index (κ1) is 9.00. The van der Waals surface area contributed by atoms with Gasteiger partial charge in [-0.15, -0.1) is 0 Å². The van der Waals surface area contributed by atoms with Crippen LogP contribution in [0, 0.1) is 0 Å². The van der Waals surface area contributed by atoms with E-state index in [1.807, 2.05) is 19.2 Å². The van der Waals surface area contributed by atoms with Crippen molar-refractivity contribution in [2.24, 2.45) is 10.7 Å². The summed E-state index contributed by atoms with van der Waals surface area (Å²) in [6, 6.07) is 0.0705. The zero-order chi connectivity index (χ0) is 8.97. The Balaban J connectivity index is 2.85. The Morgan fingerprint density at radius 2 is 2.50 bits per heavy atom. The quantitative estimate of drug-likeness (QED) is 0.644. The van der Waals surface area contributed by atoms with Gasteiger partial charge in [0.15, 0.2) is 0 Å². The summed E-state index contributed by atoms with van der Waals surface area (Å²) in [4.78, 5) is 4.20. The van der Waals surface area contributed by atoms with Gasteiger partial charge in [-0.25, -0.2) is 4.99 Å². The molecule has 1 heterocycles. The second kappa shape index (κ2) is 4.07. The van der Waals surface area contributed by atoms with E-state index in [1.54, 1.807) is 6.21 Å². The zero-order valence-corrected chi connectivity index (χ0v) is 7.54. The summed E-state index contributed by atoms with van der Waals surface area (Å²) in [5.41, 5.74) is 6.94. The lowest BCUT2D eigenvalue weighted by Gasteiger charge is -2.14. The Labute approximate surface area is 73.1 Å². The van der Waals surface area contributed by atoms with Gasteiger partial charge in [0, 0.05) is 18.5 Å². The molecule has 0 aliphatic carbocycles. The average Bonchev–Trinajstić information content (AvgIpc) is 2.07. The average molecular weight is 165 g/mol. The van der Waals surface area contributed by atoms with Crippen molar-refractivity contribution in [1.29, 1.82) is 0 Å². The number of nitrogens with zero attached hydrogens (tertiary/aromatic N) is 1. The molecular weight excluding hydrogens is 150 g/mol. The van der Waals surface area contributed by atoms with Gasteiger partial charge in [-0.05, 0) is 25.0 Å². The van der Waals surface area contributed by atoms with E-state index in [0.29, 0.717) is 0 Å². The van der Waals surface area contributed by atoms with Gasteiger partial charge in [0.25, 0.3) is 0 Å². The topological polar surface area (TPSA) is 50.4 Å². The highest BCUT2D eigenvalue weighted by Gasteiger charge is 2.07. The largest absolute Gasteiger partial charge is 0.347 e. The molecular formula is C9H15N3. The molecule has 12 heavy (non-hydrogen) atoms. The molecule has 0 fully saturated rings. The molecule has 1 aliphatic rings. The summed E-state index contributed by atoms with van der Waals surface area (Å²) >= 11 is 0. The van der Waals surface area contributed by atoms with Crippen LogP contribution < -0.4 is 11.1 Å². The lowest BCUT2D eigenvalue weighted by molar-refractivity contribution is 0.773. The first-order chi connectivity index (χ1) is 5.75. The molecule has 1 rings (SSSR count). The molecule has 1 aliphatic heterocycles. The normalized spacial score (nSPS) is 21.9. The second-order valence-electron chi connectivity index (χ2n) is 2.80. The van der Waals surface area contributed by atoms with Gasteiger partial charge in [-0.2, -0.15) is 0 Å². The molecule has 3 heteroatoms. The maximum absolute atomic E-state index is 5.78. The third kappa shape index (κ3) is 1.95. The Kier molecular flexibility index (Phi) is 3.05. The van der Waals surface area contributed by atoms with Gasteiger partial charge in [-0.1, -0.05) is 6.92 Å². The molecule has 0 saturated carbocycles. The van der Waals surface area contributed by atoms with Gasteiger partial charge in [0.05, 0.1) is 0 Å². The Bertz CT molecular complexity index is 236. The van der Waals surface area contributed by atoms with E-state index >= 15 is 0 Å². The number of allylic oxidation sites excluding steroid dienone is 1. The van der Waals surface area contributed by atoms with Crippen molar-refractivity contribution in [2.45, 2.75) is 26.3 Å². The molecule has 3 nitrogen and oxygen atoms in total. The summed E-state index contributed by atoms with van der Waals surface area (Å²) in [6.45, 7) is 4.06. The maximum Gasteiger partial charge on any atom is 0.130 e. The number of nitrogens with two attached hydrogens (primary N) is 1. The molecule has 1 unspecified atom stereocenters. The van der Waals surface area contributed by atoms with Crippen LogP contribution in [0.4, 0.5) is 0 Å². The molecule has 0 amide bonds. The Hall–Kier alpha value is -1.09. The van der Waals surface area contributed by atoms with Crippen LogP contribution in [0.5, 0.6) is 0 Å². The number of rotatable bonds is 2. The van der Waals surface area contributed by atoms with E-state index in [2.05, 4.69) is 17.2 Å². The highest BCUT2D eigenvalue weighted by Crippen LogP contribution is 2.11. The molecule has 0 bridgehead atoms. The maximum atomic E-state index is 5.78. The van der Waals surface area contributed by atoms with Gasteiger partial charge in [-0.3, -0.25) is 0 Å². The lowest BCUT2D eigenvalue weighted by Crippen LogP contribution is -2.22. The standard InChI is InChI=1S/C9H15N3/c1-3-8(7(2)10)9-11-5-4-6-12-9/h4-7,11H,3,10H2,1-2H3/b9-8+. The monoisotopic (exact) mass is 165 g/mol. The smallest absolute Gasteiger partial charge is 0.130 e. The third-order valence-corrected chi connectivity index (χ3v) is 1.84. The second-order valence-corrected chi connectivity index (χ2v) is 2.80. The van der Waals surface area contributed by atoms with Crippen LogP contribution in [-0.4, -0.2) is 12.3 Å². The summed E-state index contributed by atoms with van der Waals surface area (Å²) < 4.78 is 0. The molecule has 0 spiro atoms. The van der Waals surface area contributed by atoms with Crippen molar-refractivity contribution in [3.05, 3.63) is 23.7 Å². The van der Waals surface area contributed by atoms with Crippen LogP contribution >= 0.6 is 0 Å². The van der Waals surface area contributed by atoms with E-state index in [1.165, 1.54) is 0 Å². The van der Waals surface area contributed by atoms with E-state index < -0.39 is 0 Å². The molecule has 3 N–H and O–H groups in total. The minimum absolute atomic E-state index is 0.0705. The van der Waals surface area contributed by atoms with Crippen LogP contribution in [0.15, 0.2) is 28.7 Å². The fourth-order valence-electron chi connectivity index (χ4n) is 1.21. The number of hydrogen-bond acceptors (Lipinski definition) is 3. The summed E-state index contributed by atoms with van der Waals surface area (Å²) in [7, 11) is 0. The Morgan fingerprint density at radius 3 is 2.92 bits per heavy atom. The van der Waals surface area contributed by atoms with Crippen molar-refractivity contribution in [2.75, 3.05) is 0 Å². The minimum atomic E-state index is 0.0705. The lowest BCUT2D eigenvalue weighted by atomic mass is 10.1. The van der Waals surface area contributed by atoms with E-state index in [4.69, 9.17) is 5.73 Å². The van der Waals surface area contributed by atoms with Crippen LogP contribution in [0.1, 0.15) is 20.3 Å². The molecule has 1 atom stereocenters. The fourth-order valence-corrected chi connectivity index (χ4v) is 1.21. The van der Waals surface area contributed by atoms with E-state index in [9.17, 15) is 0 Å². The predicted molar refractivity (Wildman–Crippen MR) is 51.7 cm³/mol. The molecule has 66 valence electrons. The zero-order valence-electron chi connectivity index (χ0n) is 7.54. The van der Waals surface area contributed by atoms with Crippen LogP contribution in [0.25, 0.3) is 0 Å². The molecule has 0 saturated heterocycles. The van der Waals surface area contributed by atoms with Crippen LogP contribution in [0.2, 0.25) is 0 Å². The van der Waals surface area contributed by atoms with Crippen molar-refractivity contribution in [3.8, 4) is 0 Å². The van der Waals surface area contributed by atoms with Gasteiger partial charge >= 0.3 is 0 Å². The van der Waals surface area contributed by atoms with Crippen LogP contribution in [0.3, 0.4) is 0 Å². The Morgan fingerprint density at radius 1 is 1.75 bits per heavy atom. The van der Waals surface area contributed by atoms with Crippen molar-refractivity contribution >= 4 is 6.21 Å².